The lowest BCUT2D eigenvalue weighted by atomic mass is 10.2. The molecule has 0 radical (unpaired) electrons. The molecule has 1 aromatic rings. The van der Waals surface area contributed by atoms with Gasteiger partial charge in [0.2, 0.25) is 5.91 Å². The first kappa shape index (κ1) is 17.8. The Morgan fingerprint density at radius 3 is 2.67 bits per heavy atom. The minimum Gasteiger partial charge on any atom is -0.451 e. The second-order valence-electron chi connectivity index (χ2n) is 5.56. The number of nitrogens with one attached hydrogen (secondary N) is 1. The summed E-state index contributed by atoms with van der Waals surface area (Å²) in [4.78, 5) is 37.0. The van der Waals surface area contributed by atoms with Crippen LogP contribution in [0.15, 0.2) is 18.2 Å². The van der Waals surface area contributed by atoms with E-state index in [0.29, 0.717) is 25.5 Å². The highest BCUT2D eigenvalue weighted by Crippen LogP contribution is 2.20. The minimum absolute atomic E-state index is 0.212. The van der Waals surface area contributed by atoms with E-state index in [-0.39, 0.29) is 11.6 Å². The molecule has 1 aliphatic rings. The van der Waals surface area contributed by atoms with Crippen LogP contribution in [-0.2, 0) is 19.1 Å². The van der Waals surface area contributed by atoms with E-state index in [1.54, 1.807) is 0 Å². The Kier molecular flexibility index (Phi) is 5.48. The molecule has 2 amide bonds. The van der Waals surface area contributed by atoms with Crippen molar-refractivity contribution in [2.75, 3.05) is 11.9 Å². The van der Waals surface area contributed by atoms with Crippen LogP contribution in [0.1, 0.15) is 26.7 Å². The van der Waals surface area contributed by atoms with Crippen LogP contribution in [-0.4, -0.2) is 41.4 Å². The fourth-order valence-corrected chi connectivity index (χ4v) is 2.52. The number of hydrogen-bond acceptors (Lipinski definition) is 4. The summed E-state index contributed by atoms with van der Waals surface area (Å²) < 4.78 is 31.4. The van der Waals surface area contributed by atoms with E-state index < -0.39 is 35.7 Å². The number of rotatable bonds is 4. The van der Waals surface area contributed by atoms with E-state index in [9.17, 15) is 23.2 Å². The van der Waals surface area contributed by atoms with Gasteiger partial charge in [-0.05, 0) is 31.9 Å². The van der Waals surface area contributed by atoms with Gasteiger partial charge < -0.3 is 15.0 Å². The van der Waals surface area contributed by atoms with Crippen LogP contribution in [0, 0.1) is 11.6 Å². The van der Waals surface area contributed by atoms with Gasteiger partial charge in [-0.1, -0.05) is 0 Å². The molecule has 0 saturated carbocycles. The molecule has 2 atom stereocenters. The van der Waals surface area contributed by atoms with Crippen molar-refractivity contribution in [3.8, 4) is 0 Å². The first-order valence-corrected chi connectivity index (χ1v) is 7.53. The smallest absolute Gasteiger partial charge is 0.329 e. The maximum Gasteiger partial charge on any atom is 0.329 e. The molecule has 1 fully saturated rings. The zero-order valence-corrected chi connectivity index (χ0v) is 13.3. The van der Waals surface area contributed by atoms with Gasteiger partial charge in [-0.25, -0.2) is 13.6 Å². The van der Waals surface area contributed by atoms with E-state index in [0.717, 1.165) is 12.1 Å². The molecule has 1 aliphatic heterocycles. The van der Waals surface area contributed by atoms with Crippen molar-refractivity contribution in [2.24, 2.45) is 0 Å². The molecule has 2 unspecified atom stereocenters. The number of benzene rings is 1. The molecule has 1 saturated heterocycles. The third-order valence-corrected chi connectivity index (χ3v) is 3.78. The lowest BCUT2D eigenvalue weighted by molar-refractivity contribution is -0.159. The van der Waals surface area contributed by atoms with Crippen molar-refractivity contribution in [1.82, 2.24) is 4.90 Å². The highest BCUT2D eigenvalue weighted by Gasteiger charge is 2.35. The average molecular weight is 340 g/mol. The number of carbonyl (C=O) groups excluding carboxylic acids is 3. The first-order chi connectivity index (χ1) is 11.3. The van der Waals surface area contributed by atoms with Crippen LogP contribution in [0.2, 0.25) is 0 Å². The van der Waals surface area contributed by atoms with Gasteiger partial charge >= 0.3 is 5.97 Å². The van der Waals surface area contributed by atoms with Crippen molar-refractivity contribution >= 4 is 23.5 Å². The van der Waals surface area contributed by atoms with Crippen molar-refractivity contribution in [3.05, 3.63) is 29.8 Å². The molecule has 130 valence electrons. The van der Waals surface area contributed by atoms with E-state index in [1.165, 1.54) is 18.7 Å². The van der Waals surface area contributed by atoms with Gasteiger partial charge in [0.05, 0.1) is 5.69 Å². The molecule has 0 aromatic heterocycles. The first-order valence-electron chi connectivity index (χ1n) is 7.53. The third-order valence-electron chi connectivity index (χ3n) is 3.78. The van der Waals surface area contributed by atoms with Gasteiger partial charge in [0, 0.05) is 19.5 Å². The summed E-state index contributed by atoms with van der Waals surface area (Å²) in [6.45, 7) is 3.16. The van der Waals surface area contributed by atoms with Crippen LogP contribution in [0.25, 0.3) is 0 Å². The Morgan fingerprint density at radius 1 is 1.33 bits per heavy atom. The summed E-state index contributed by atoms with van der Waals surface area (Å²) in [5.41, 5.74) is -0.212. The predicted molar refractivity (Wildman–Crippen MR) is 81.0 cm³/mol. The van der Waals surface area contributed by atoms with Gasteiger partial charge in [0.1, 0.15) is 17.7 Å². The quantitative estimate of drug-likeness (QED) is 0.849. The molecule has 6 nitrogen and oxygen atoms in total. The number of likely N-dealkylation sites (tertiary alicyclic amines) is 1. The summed E-state index contributed by atoms with van der Waals surface area (Å²) in [5, 5.41) is 2.23. The minimum atomic E-state index is -1.18. The van der Waals surface area contributed by atoms with Crippen LogP contribution >= 0.6 is 0 Å². The Labute approximate surface area is 137 Å². The SMILES string of the molecule is CC(=O)N1CCCC1C(=O)OC(C)C(=O)Nc1ccc(F)cc1F. The van der Waals surface area contributed by atoms with E-state index in [2.05, 4.69) is 5.32 Å². The number of nitrogens with zero attached hydrogens (tertiary/aromatic N) is 1. The zero-order valence-electron chi connectivity index (χ0n) is 13.3. The highest BCUT2D eigenvalue weighted by atomic mass is 19.1. The van der Waals surface area contributed by atoms with Crippen LogP contribution < -0.4 is 5.32 Å². The van der Waals surface area contributed by atoms with Gasteiger partial charge in [0.25, 0.3) is 5.91 Å². The van der Waals surface area contributed by atoms with Gasteiger partial charge in [-0.15, -0.1) is 0 Å². The Hall–Kier alpha value is -2.51. The zero-order chi connectivity index (χ0) is 17.9. The number of hydrogen-bond donors (Lipinski definition) is 1. The monoisotopic (exact) mass is 340 g/mol. The van der Waals surface area contributed by atoms with Crippen LogP contribution in [0.5, 0.6) is 0 Å². The number of amides is 2. The number of anilines is 1. The number of ether oxygens (including phenoxy) is 1. The summed E-state index contributed by atoms with van der Waals surface area (Å²) >= 11 is 0. The predicted octanol–water partition coefficient (Wildman–Crippen LogP) is 1.85. The Balaban J connectivity index is 1.96. The normalized spacial score (nSPS) is 18.2. The van der Waals surface area contributed by atoms with Crippen LogP contribution in [0.4, 0.5) is 14.5 Å². The average Bonchev–Trinajstić information content (AvgIpc) is 2.99. The second kappa shape index (κ2) is 7.37. The van der Waals surface area contributed by atoms with E-state index >= 15 is 0 Å². The van der Waals surface area contributed by atoms with Crippen molar-refractivity contribution in [2.45, 2.75) is 38.8 Å². The largest absolute Gasteiger partial charge is 0.451 e. The highest BCUT2D eigenvalue weighted by molar-refractivity contribution is 5.95. The fourth-order valence-electron chi connectivity index (χ4n) is 2.52. The molecular formula is C16H18F2N2O4. The number of halogens is 2. The van der Waals surface area contributed by atoms with Crippen molar-refractivity contribution < 1.29 is 27.9 Å². The van der Waals surface area contributed by atoms with Gasteiger partial charge in [0.15, 0.2) is 6.10 Å². The summed E-state index contributed by atoms with van der Waals surface area (Å²) in [5.74, 6) is -3.36. The fraction of sp³-hybridized carbons (Fsp3) is 0.438. The molecule has 24 heavy (non-hydrogen) atoms. The van der Waals surface area contributed by atoms with Crippen LogP contribution in [0.3, 0.4) is 0 Å². The molecule has 0 bridgehead atoms. The number of esters is 1. The molecule has 2 rings (SSSR count). The van der Waals surface area contributed by atoms with Gasteiger partial charge in [-0.3, -0.25) is 9.59 Å². The molecule has 1 N–H and O–H groups in total. The van der Waals surface area contributed by atoms with Crippen molar-refractivity contribution in [1.29, 1.82) is 0 Å². The Bertz CT molecular complexity index is 665. The Morgan fingerprint density at radius 2 is 2.04 bits per heavy atom. The summed E-state index contributed by atoms with van der Waals surface area (Å²) in [7, 11) is 0. The maximum atomic E-state index is 13.5. The molecule has 0 aliphatic carbocycles. The number of carbonyl (C=O) groups is 3. The van der Waals surface area contributed by atoms with Crippen molar-refractivity contribution in [3.63, 3.8) is 0 Å². The molecule has 8 heteroatoms. The summed E-state index contributed by atoms with van der Waals surface area (Å²) in [6.07, 6.45) is -0.0311. The van der Waals surface area contributed by atoms with E-state index in [4.69, 9.17) is 4.74 Å². The standard InChI is InChI=1S/C16H18F2N2O4/c1-9(15(22)19-13-6-5-11(17)8-12(13)18)24-16(23)14-4-3-7-20(14)10(2)21/h5-6,8-9,14H,3-4,7H2,1-2H3,(H,19,22). The molecular weight excluding hydrogens is 322 g/mol. The lowest BCUT2D eigenvalue weighted by Gasteiger charge is -2.23. The molecule has 1 heterocycles. The van der Waals surface area contributed by atoms with E-state index in [1.807, 2.05) is 0 Å². The molecule has 1 aromatic carbocycles. The topological polar surface area (TPSA) is 75.7 Å². The summed E-state index contributed by atoms with van der Waals surface area (Å²) in [6, 6.07) is 2.00. The maximum absolute atomic E-state index is 13.5. The van der Waals surface area contributed by atoms with Gasteiger partial charge in [-0.2, -0.15) is 0 Å². The lowest BCUT2D eigenvalue weighted by Crippen LogP contribution is -2.42. The molecule has 0 spiro atoms. The second-order valence-corrected chi connectivity index (χ2v) is 5.56. The third kappa shape index (κ3) is 4.06.